The molecular weight excluding hydrogens is 322 g/mol. The highest BCUT2D eigenvalue weighted by molar-refractivity contribution is 7.09. The van der Waals surface area contributed by atoms with E-state index in [2.05, 4.69) is 45.4 Å². The number of benzene rings is 1. The van der Waals surface area contributed by atoms with E-state index in [1.807, 2.05) is 6.92 Å². The Bertz CT molecular complexity index is 684. The minimum absolute atomic E-state index is 0.0526. The Kier molecular flexibility index (Phi) is 5.45. The van der Waals surface area contributed by atoms with E-state index in [0.717, 1.165) is 36.8 Å². The second kappa shape index (κ2) is 7.75. The highest BCUT2D eigenvalue weighted by Crippen LogP contribution is 2.26. The Balaban J connectivity index is 1.64. The Hall–Kier alpha value is -1.95. The van der Waals surface area contributed by atoms with Crippen molar-refractivity contribution in [3.8, 4) is 0 Å². The Morgan fingerprint density at radius 3 is 2.92 bits per heavy atom. The molecule has 2 aromatic rings. The van der Waals surface area contributed by atoms with E-state index >= 15 is 0 Å². The van der Waals surface area contributed by atoms with Crippen LogP contribution in [0.25, 0.3) is 0 Å². The fourth-order valence-electron chi connectivity index (χ4n) is 2.94. The lowest BCUT2D eigenvalue weighted by atomic mass is 9.99. The molecule has 0 saturated carbocycles. The molecule has 1 atom stereocenters. The summed E-state index contributed by atoms with van der Waals surface area (Å²) in [6.45, 7) is 5.97. The molecule has 0 amide bonds. The molecule has 1 fully saturated rings. The van der Waals surface area contributed by atoms with Crippen LogP contribution in [0, 0.1) is 12.8 Å². The molecular formula is C18H23N3O2S. The molecule has 2 heterocycles. The van der Waals surface area contributed by atoms with Crippen molar-refractivity contribution in [2.24, 2.45) is 5.92 Å². The van der Waals surface area contributed by atoms with Crippen LogP contribution in [0.2, 0.25) is 0 Å². The Morgan fingerprint density at radius 2 is 2.17 bits per heavy atom. The lowest BCUT2D eigenvalue weighted by Gasteiger charge is -2.30. The molecule has 1 aliphatic heterocycles. The standard InChI is InChI=1S/C18H23N3O2S/c1-3-23-17(22)15-5-4-10-21(12-15)18-19-16(20-24-18)11-14-8-6-13(2)7-9-14/h6-9,15H,3-5,10-12H2,1-2H3. The van der Waals surface area contributed by atoms with Gasteiger partial charge in [0.2, 0.25) is 5.13 Å². The first-order chi connectivity index (χ1) is 11.7. The molecule has 1 aromatic heterocycles. The molecule has 0 aliphatic carbocycles. The number of piperidine rings is 1. The largest absolute Gasteiger partial charge is 0.466 e. The molecule has 128 valence electrons. The van der Waals surface area contributed by atoms with Crippen molar-refractivity contribution in [2.75, 3.05) is 24.6 Å². The molecule has 1 saturated heterocycles. The molecule has 1 unspecified atom stereocenters. The van der Waals surface area contributed by atoms with Gasteiger partial charge in [0.05, 0.1) is 12.5 Å². The second-order valence-electron chi connectivity index (χ2n) is 6.19. The van der Waals surface area contributed by atoms with Gasteiger partial charge in [-0.25, -0.2) is 4.98 Å². The first kappa shape index (κ1) is 16.9. The summed E-state index contributed by atoms with van der Waals surface area (Å²) in [6, 6.07) is 8.45. The van der Waals surface area contributed by atoms with Crippen molar-refractivity contribution < 1.29 is 9.53 Å². The quantitative estimate of drug-likeness (QED) is 0.779. The van der Waals surface area contributed by atoms with E-state index in [9.17, 15) is 4.79 Å². The van der Waals surface area contributed by atoms with E-state index < -0.39 is 0 Å². The Labute approximate surface area is 146 Å². The number of rotatable bonds is 5. The van der Waals surface area contributed by atoms with Crippen LogP contribution >= 0.6 is 11.5 Å². The van der Waals surface area contributed by atoms with Crippen molar-refractivity contribution in [3.05, 3.63) is 41.2 Å². The molecule has 0 bridgehead atoms. The van der Waals surface area contributed by atoms with E-state index in [-0.39, 0.29) is 11.9 Å². The highest BCUT2D eigenvalue weighted by Gasteiger charge is 2.28. The van der Waals surface area contributed by atoms with Gasteiger partial charge in [-0.05, 0) is 32.3 Å². The third kappa shape index (κ3) is 4.12. The van der Waals surface area contributed by atoms with Crippen LogP contribution < -0.4 is 4.90 Å². The zero-order valence-corrected chi connectivity index (χ0v) is 15.0. The van der Waals surface area contributed by atoms with Gasteiger partial charge in [0.1, 0.15) is 5.82 Å². The number of esters is 1. The number of hydrogen-bond acceptors (Lipinski definition) is 6. The third-order valence-corrected chi connectivity index (χ3v) is 5.07. The van der Waals surface area contributed by atoms with Gasteiger partial charge in [-0.15, -0.1) is 0 Å². The number of nitrogens with zero attached hydrogens (tertiary/aromatic N) is 3. The lowest BCUT2D eigenvalue weighted by molar-refractivity contribution is -0.148. The fraction of sp³-hybridized carbons (Fsp3) is 0.500. The van der Waals surface area contributed by atoms with Gasteiger partial charge in [0, 0.05) is 31.0 Å². The number of aromatic nitrogens is 2. The first-order valence-corrected chi connectivity index (χ1v) is 9.22. The van der Waals surface area contributed by atoms with Crippen molar-refractivity contribution in [1.82, 2.24) is 9.36 Å². The van der Waals surface area contributed by atoms with Crippen LogP contribution in [-0.4, -0.2) is 35.0 Å². The van der Waals surface area contributed by atoms with Crippen molar-refractivity contribution in [2.45, 2.75) is 33.1 Å². The second-order valence-corrected chi connectivity index (χ2v) is 6.92. The van der Waals surface area contributed by atoms with Gasteiger partial charge in [-0.1, -0.05) is 29.8 Å². The zero-order valence-electron chi connectivity index (χ0n) is 14.2. The van der Waals surface area contributed by atoms with Gasteiger partial charge in [0.25, 0.3) is 0 Å². The maximum atomic E-state index is 12.0. The average Bonchev–Trinajstić information content (AvgIpc) is 3.06. The summed E-state index contributed by atoms with van der Waals surface area (Å²) in [5.41, 5.74) is 2.47. The van der Waals surface area contributed by atoms with Gasteiger partial charge in [-0.2, -0.15) is 4.37 Å². The number of ether oxygens (including phenoxy) is 1. The fourth-order valence-corrected chi connectivity index (χ4v) is 3.66. The summed E-state index contributed by atoms with van der Waals surface area (Å²) in [6.07, 6.45) is 2.62. The molecule has 3 rings (SSSR count). The predicted octanol–water partition coefficient (Wildman–Crippen LogP) is 3.22. The molecule has 1 aliphatic rings. The molecule has 0 spiro atoms. The topological polar surface area (TPSA) is 55.3 Å². The van der Waals surface area contributed by atoms with Crippen molar-refractivity contribution in [1.29, 1.82) is 0 Å². The summed E-state index contributed by atoms with van der Waals surface area (Å²) < 4.78 is 9.65. The minimum Gasteiger partial charge on any atom is -0.466 e. The zero-order chi connectivity index (χ0) is 16.9. The maximum absolute atomic E-state index is 12.0. The van der Waals surface area contributed by atoms with Crippen LogP contribution in [0.4, 0.5) is 5.13 Å². The predicted molar refractivity (Wildman–Crippen MR) is 95.5 cm³/mol. The number of carbonyl (C=O) groups is 1. The van der Waals surface area contributed by atoms with Crippen LogP contribution in [0.5, 0.6) is 0 Å². The number of carbonyl (C=O) groups excluding carboxylic acids is 1. The molecule has 1 aromatic carbocycles. The smallest absolute Gasteiger partial charge is 0.310 e. The van der Waals surface area contributed by atoms with Crippen LogP contribution in [0.1, 0.15) is 36.7 Å². The third-order valence-electron chi connectivity index (χ3n) is 4.25. The van der Waals surface area contributed by atoms with E-state index in [4.69, 9.17) is 4.74 Å². The summed E-state index contributed by atoms with van der Waals surface area (Å²) in [7, 11) is 0. The Morgan fingerprint density at radius 1 is 1.38 bits per heavy atom. The SMILES string of the molecule is CCOC(=O)C1CCCN(c2nc(Cc3ccc(C)cc3)ns2)C1. The maximum Gasteiger partial charge on any atom is 0.310 e. The monoisotopic (exact) mass is 345 g/mol. The molecule has 6 heteroatoms. The lowest BCUT2D eigenvalue weighted by Crippen LogP contribution is -2.39. The summed E-state index contributed by atoms with van der Waals surface area (Å²) in [5.74, 6) is 0.701. The van der Waals surface area contributed by atoms with Crippen LogP contribution in [-0.2, 0) is 16.0 Å². The van der Waals surface area contributed by atoms with Gasteiger partial charge in [-0.3, -0.25) is 4.79 Å². The number of aryl methyl sites for hydroxylation is 1. The molecule has 0 N–H and O–H groups in total. The van der Waals surface area contributed by atoms with Crippen molar-refractivity contribution in [3.63, 3.8) is 0 Å². The molecule has 24 heavy (non-hydrogen) atoms. The van der Waals surface area contributed by atoms with Crippen molar-refractivity contribution >= 4 is 22.6 Å². The van der Waals surface area contributed by atoms with E-state index in [1.165, 1.54) is 22.7 Å². The van der Waals surface area contributed by atoms with Gasteiger partial charge in [0.15, 0.2) is 0 Å². The summed E-state index contributed by atoms with van der Waals surface area (Å²) >= 11 is 1.42. The highest BCUT2D eigenvalue weighted by atomic mass is 32.1. The van der Waals surface area contributed by atoms with Crippen LogP contribution in [0.3, 0.4) is 0 Å². The van der Waals surface area contributed by atoms with E-state index in [1.54, 1.807) is 0 Å². The van der Waals surface area contributed by atoms with E-state index in [0.29, 0.717) is 13.2 Å². The van der Waals surface area contributed by atoms with Gasteiger partial charge >= 0.3 is 5.97 Å². The normalized spacial score (nSPS) is 17.8. The van der Waals surface area contributed by atoms with Crippen LogP contribution in [0.15, 0.2) is 24.3 Å². The molecule has 5 nitrogen and oxygen atoms in total. The minimum atomic E-state index is -0.0911. The number of anilines is 1. The first-order valence-electron chi connectivity index (χ1n) is 8.45. The summed E-state index contributed by atoms with van der Waals surface area (Å²) in [4.78, 5) is 18.8. The number of hydrogen-bond donors (Lipinski definition) is 0. The molecule has 0 radical (unpaired) electrons. The summed E-state index contributed by atoms with van der Waals surface area (Å²) in [5, 5.41) is 0.908. The van der Waals surface area contributed by atoms with Gasteiger partial charge < -0.3 is 9.64 Å². The average molecular weight is 345 g/mol.